The molecule has 6 rings (SSSR count). The Kier molecular flexibility index (Phi) is 6.18. The molecule has 0 spiro atoms. The molecule has 1 aliphatic heterocycles. The van der Waals surface area contributed by atoms with Crippen LogP contribution in [0.2, 0.25) is 0 Å². The minimum absolute atomic E-state index is 0.0703. The Labute approximate surface area is 192 Å². The molecule has 4 saturated carbocycles. The van der Waals surface area contributed by atoms with E-state index in [2.05, 4.69) is 12.2 Å². The van der Waals surface area contributed by atoms with E-state index in [0.29, 0.717) is 18.9 Å². The van der Waals surface area contributed by atoms with Crippen LogP contribution >= 0.6 is 0 Å². The maximum Gasteiger partial charge on any atom is 0.226 e. The Morgan fingerprint density at radius 3 is 2.19 bits per heavy atom. The molecule has 32 heavy (non-hydrogen) atoms. The molecule has 0 aromatic heterocycles. The first-order valence-corrected chi connectivity index (χ1v) is 12.8. The lowest BCUT2D eigenvalue weighted by Crippen LogP contribution is -2.56. The Balaban J connectivity index is 1.02. The molecule has 174 valence electrons. The van der Waals surface area contributed by atoms with Crippen LogP contribution in [-0.2, 0) is 9.59 Å². The van der Waals surface area contributed by atoms with Crippen LogP contribution in [0.1, 0.15) is 69.8 Å². The van der Waals surface area contributed by atoms with Gasteiger partial charge in [-0.25, -0.2) is 0 Å². The van der Waals surface area contributed by atoms with Crippen LogP contribution in [0.25, 0.3) is 0 Å². The second kappa shape index (κ2) is 9.07. The van der Waals surface area contributed by atoms with Gasteiger partial charge in [-0.1, -0.05) is 17.7 Å². The fourth-order valence-electron chi connectivity index (χ4n) is 7.21. The third-order valence-electron chi connectivity index (χ3n) is 8.53. The summed E-state index contributed by atoms with van der Waals surface area (Å²) in [5.74, 6) is 3.78. The number of benzene rings is 1. The molecule has 2 amide bonds. The number of hydrogen-bond donors (Lipinski definition) is 1. The van der Waals surface area contributed by atoms with Crippen molar-refractivity contribution in [2.75, 3.05) is 19.7 Å². The number of carbonyl (C=O) groups excluding carboxylic acids is 2. The molecule has 4 bridgehead atoms. The number of carbonyl (C=O) groups is 2. The highest BCUT2D eigenvalue weighted by molar-refractivity contribution is 5.83. The predicted molar refractivity (Wildman–Crippen MR) is 124 cm³/mol. The van der Waals surface area contributed by atoms with E-state index in [0.717, 1.165) is 75.1 Å². The summed E-state index contributed by atoms with van der Waals surface area (Å²) in [7, 11) is 0. The van der Waals surface area contributed by atoms with Gasteiger partial charge in [-0.15, -0.1) is 0 Å². The quantitative estimate of drug-likeness (QED) is 0.639. The molecular weight excluding hydrogens is 400 g/mol. The normalized spacial score (nSPS) is 31.5. The molecule has 5 fully saturated rings. The van der Waals surface area contributed by atoms with Crippen molar-refractivity contribution in [2.45, 2.75) is 77.2 Å². The van der Waals surface area contributed by atoms with Crippen molar-refractivity contribution in [3.63, 3.8) is 0 Å². The van der Waals surface area contributed by atoms with Crippen LogP contribution in [-0.4, -0.2) is 42.5 Å². The van der Waals surface area contributed by atoms with Gasteiger partial charge < -0.3 is 15.0 Å². The molecule has 0 atom stereocenters. The van der Waals surface area contributed by atoms with Gasteiger partial charge in [-0.2, -0.15) is 0 Å². The second-order valence-electron chi connectivity index (χ2n) is 11.1. The molecule has 5 aliphatic rings. The Bertz CT molecular complexity index is 791. The zero-order valence-electron chi connectivity index (χ0n) is 19.5. The van der Waals surface area contributed by atoms with Gasteiger partial charge in [-0.05, 0) is 94.6 Å². The van der Waals surface area contributed by atoms with E-state index >= 15 is 0 Å². The maximum absolute atomic E-state index is 13.3. The summed E-state index contributed by atoms with van der Waals surface area (Å²) in [5.41, 5.74) is 1.14. The summed E-state index contributed by atoms with van der Waals surface area (Å²) >= 11 is 0. The van der Waals surface area contributed by atoms with Crippen molar-refractivity contribution in [1.29, 1.82) is 0 Å². The lowest BCUT2D eigenvalue weighted by molar-refractivity contribution is -0.147. The summed E-state index contributed by atoms with van der Waals surface area (Å²) in [5, 5.41) is 3.41. The smallest absolute Gasteiger partial charge is 0.226 e. The average Bonchev–Trinajstić information content (AvgIpc) is 2.77. The molecule has 0 unspecified atom stereocenters. The monoisotopic (exact) mass is 438 g/mol. The first kappa shape index (κ1) is 21.8. The number of nitrogens with one attached hydrogen (secondary N) is 1. The fraction of sp³-hybridized carbons (Fsp3) is 0.704. The van der Waals surface area contributed by atoms with Crippen LogP contribution < -0.4 is 10.1 Å². The topological polar surface area (TPSA) is 58.6 Å². The van der Waals surface area contributed by atoms with Gasteiger partial charge in [0.1, 0.15) is 5.75 Å². The van der Waals surface area contributed by atoms with Gasteiger partial charge in [0, 0.05) is 31.0 Å². The zero-order valence-corrected chi connectivity index (χ0v) is 19.5. The Morgan fingerprint density at radius 1 is 1.00 bits per heavy atom. The third kappa shape index (κ3) is 4.67. The van der Waals surface area contributed by atoms with Crippen molar-refractivity contribution in [3.8, 4) is 5.75 Å². The molecule has 1 aromatic rings. The molecule has 1 N–H and O–H groups in total. The van der Waals surface area contributed by atoms with E-state index < -0.39 is 0 Å². The molecule has 4 aliphatic carbocycles. The zero-order chi connectivity index (χ0) is 22.1. The van der Waals surface area contributed by atoms with Crippen molar-refractivity contribution in [1.82, 2.24) is 10.2 Å². The molecule has 0 radical (unpaired) electrons. The molecular formula is C27H38N2O3. The van der Waals surface area contributed by atoms with E-state index in [-0.39, 0.29) is 17.4 Å². The summed E-state index contributed by atoms with van der Waals surface area (Å²) < 4.78 is 5.74. The minimum atomic E-state index is -0.0703. The highest BCUT2D eigenvalue weighted by atomic mass is 16.5. The number of aryl methyl sites for hydroxylation is 1. The van der Waals surface area contributed by atoms with Crippen LogP contribution in [0.3, 0.4) is 0 Å². The fourth-order valence-corrected chi connectivity index (χ4v) is 7.21. The van der Waals surface area contributed by atoms with Crippen LogP contribution in [0.4, 0.5) is 0 Å². The summed E-state index contributed by atoms with van der Waals surface area (Å²) in [6, 6.07) is 8.24. The number of nitrogens with zero attached hydrogens (tertiary/aromatic N) is 1. The van der Waals surface area contributed by atoms with Gasteiger partial charge in [-0.3, -0.25) is 9.59 Å². The van der Waals surface area contributed by atoms with E-state index in [1.807, 2.05) is 29.2 Å². The van der Waals surface area contributed by atoms with Crippen LogP contribution in [0.5, 0.6) is 5.75 Å². The predicted octanol–water partition coefficient (Wildman–Crippen LogP) is 4.48. The molecule has 1 heterocycles. The SMILES string of the molecule is Cc1ccc(OCCCC(=O)N2CCC(NC(=O)C34CC5CC(CC(C5)C3)C4)CC2)cc1. The van der Waals surface area contributed by atoms with E-state index in [1.54, 1.807) is 0 Å². The highest BCUT2D eigenvalue weighted by Crippen LogP contribution is 2.60. The van der Waals surface area contributed by atoms with E-state index in [4.69, 9.17) is 4.74 Å². The molecule has 5 nitrogen and oxygen atoms in total. The second-order valence-corrected chi connectivity index (χ2v) is 11.1. The average molecular weight is 439 g/mol. The van der Waals surface area contributed by atoms with Crippen LogP contribution in [0.15, 0.2) is 24.3 Å². The lowest BCUT2D eigenvalue weighted by atomic mass is 9.49. The lowest BCUT2D eigenvalue weighted by Gasteiger charge is -2.56. The number of piperidine rings is 1. The number of rotatable bonds is 7. The molecule has 1 saturated heterocycles. The number of amides is 2. The third-order valence-corrected chi connectivity index (χ3v) is 8.53. The van der Waals surface area contributed by atoms with Gasteiger partial charge in [0.2, 0.25) is 11.8 Å². The molecule has 5 heteroatoms. The maximum atomic E-state index is 13.3. The van der Waals surface area contributed by atoms with Gasteiger partial charge in [0.15, 0.2) is 0 Å². The largest absolute Gasteiger partial charge is 0.494 e. The standard InChI is InChI=1S/C27H38N2O3/c1-19-4-6-24(7-5-19)32-12-2-3-25(30)29-10-8-23(9-11-29)28-26(31)27-16-20-13-21(17-27)15-22(14-20)18-27/h4-7,20-23H,2-3,8-18H2,1H3,(H,28,31). The Hall–Kier alpha value is -2.04. The van der Waals surface area contributed by atoms with Crippen molar-refractivity contribution in [3.05, 3.63) is 29.8 Å². The van der Waals surface area contributed by atoms with Crippen molar-refractivity contribution in [2.24, 2.45) is 23.2 Å². The van der Waals surface area contributed by atoms with Crippen molar-refractivity contribution < 1.29 is 14.3 Å². The summed E-state index contributed by atoms with van der Waals surface area (Å²) in [6.45, 7) is 4.12. The van der Waals surface area contributed by atoms with Gasteiger partial charge >= 0.3 is 0 Å². The first-order chi connectivity index (χ1) is 15.5. The van der Waals surface area contributed by atoms with E-state index in [1.165, 1.54) is 24.8 Å². The minimum Gasteiger partial charge on any atom is -0.494 e. The summed E-state index contributed by atoms with van der Waals surface area (Å²) in [6.07, 6.45) is 10.5. The number of likely N-dealkylation sites (tertiary alicyclic amines) is 1. The number of hydrogen-bond acceptors (Lipinski definition) is 3. The van der Waals surface area contributed by atoms with Crippen LogP contribution in [0, 0.1) is 30.1 Å². The first-order valence-electron chi connectivity index (χ1n) is 12.8. The van der Waals surface area contributed by atoms with Gasteiger partial charge in [0.05, 0.1) is 6.61 Å². The highest BCUT2D eigenvalue weighted by Gasteiger charge is 2.54. The van der Waals surface area contributed by atoms with Gasteiger partial charge in [0.25, 0.3) is 0 Å². The molecule has 1 aromatic carbocycles. The van der Waals surface area contributed by atoms with E-state index in [9.17, 15) is 9.59 Å². The Morgan fingerprint density at radius 2 is 1.59 bits per heavy atom. The number of ether oxygens (including phenoxy) is 1. The van der Waals surface area contributed by atoms with Crippen molar-refractivity contribution >= 4 is 11.8 Å². The summed E-state index contributed by atoms with van der Waals surface area (Å²) in [4.78, 5) is 27.9.